The number of nitriles is 1. The first kappa shape index (κ1) is 9.81. The van der Waals surface area contributed by atoms with Crippen LogP contribution in [0.15, 0.2) is 23.1 Å². The van der Waals surface area contributed by atoms with Crippen LogP contribution in [0, 0.1) is 11.3 Å². The Morgan fingerprint density at radius 3 is 3.06 bits per heavy atom. The van der Waals surface area contributed by atoms with Gasteiger partial charge in [0.1, 0.15) is 16.8 Å². The number of aromatic nitrogens is 4. The van der Waals surface area contributed by atoms with Gasteiger partial charge in [0.25, 0.3) is 5.56 Å². The van der Waals surface area contributed by atoms with Crippen molar-refractivity contribution in [3.8, 4) is 6.07 Å². The van der Waals surface area contributed by atoms with Crippen molar-refractivity contribution in [1.82, 2.24) is 19.6 Å². The second-order valence-electron chi connectivity index (χ2n) is 3.39. The zero-order valence-corrected chi connectivity index (χ0v) is 9.06. The van der Waals surface area contributed by atoms with Crippen LogP contribution in [0.25, 0.3) is 16.7 Å². The van der Waals surface area contributed by atoms with Gasteiger partial charge in [-0.1, -0.05) is 11.6 Å². The van der Waals surface area contributed by atoms with Gasteiger partial charge < -0.3 is 4.98 Å². The van der Waals surface area contributed by atoms with Gasteiger partial charge in [0, 0.05) is 0 Å². The van der Waals surface area contributed by atoms with Crippen molar-refractivity contribution in [1.29, 1.82) is 5.26 Å². The molecule has 3 rings (SSSR count). The van der Waals surface area contributed by atoms with Crippen molar-refractivity contribution in [2.45, 2.75) is 0 Å². The molecule has 0 aromatic carbocycles. The molecule has 3 heterocycles. The molecule has 0 atom stereocenters. The Balaban J connectivity index is 2.64. The Hall–Kier alpha value is -2.39. The second kappa shape index (κ2) is 3.30. The third-order valence-corrected chi connectivity index (χ3v) is 2.62. The van der Waals surface area contributed by atoms with E-state index in [9.17, 15) is 4.79 Å². The van der Waals surface area contributed by atoms with Crippen LogP contribution in [0.3, 0.4) is 0 Å². The molecule has 0 bridgehead atoms. The molecule has 0 aliphatic carbocycles. The van der Waals surface area contributed by atoms with Crippen LogP contribution in [0.2, 0.25) is 5.15 Å². The summed E-state index contributed by atoms with van der Waals surface area (Å²) in [5.74, 6) is 0. The van der Waals surface area contributed by atoms with E-state index in [0.717, 1.165) is 0 Å². The van der Waals surface area contributed by atoms with Crippen LogP contribution in [0.4, 0.5) is 0 Å². The average Bonchev–Trinajstić information content (AvgIpc) is 2.72. The number of nitrogens with zero attached hydrogens (tertiary/aromatic N) is 4. The largest absolute Gasteiger partial charge is 0.305 e. The third-order valence-electron chi connectivity index (χ3n) is 2.41. The zero-order valence-electron chi connectivity index (χ0n) is 8.31. The highest BCUT2D eigenvalue weighted by atomic mass is 35.5. The Morgan fingerprint density at radius 2 is 2.29 bits per heavy atom. The number of hydrogen-bond acceptors (Lipinski definition) is 4. The molecule has 0 aliphatic rings. The van der Waals surface area contributed by atoms with Crippen LogP contribution in [0.1, 0.15) is 5.56 Å². The monoisotopic (exact) mass is 245 g/mol. The number of rotatable bonds is 0. The van der Waals surface area contributed by atoms with E-state index in [2.05, 4.69) is 15.1 Å². The summed E-state index contributed by atoms with van der Waals surface area (Å²) in [7, 11) is 0. The predicted molar refractivity (Wildman–Crippen MR) is 60.8 cm³/mol. The Kier molecular flexibility index (Phi) is 1.90. The Morgan fingerprint density at radius 1 is 1.47 bits per heavy atom. The minimum Gasteiger partial charge on any atom is -0.305 e. The van der Waals surface area contributed by atoms with Crippen LogP contribution in [-0.4, -0.2) is 19.6 Å². The molecule has 0 saturated heterocycles. The summed E-state index contributed by atoms with van der Waals surface area (Å²) in [5.41, 5.74) is 0.608. The van der Waals surface area contributed by atoms with Gasteiger partial charge in [-0.2, -0.15) is 14.9 Å². The summed E-state index contributed by atoms with van der Waals surface area (Å²) in [4.78, 5) is 18.4. The molecule has 0 radical (unpaired) electrons. The van der Waals surface area contributed by atoms with Crippen LogP contribution >= 0.6 is 11.6 Å². The SMILES string of the molecule is N#Cc1cnn2c1[nH]c(=O)c1ccc(Cl)nc12. The maximum Gasteiger partial charge on any atom is 0.260 e. The van der Waals surface area contributed by atoms with Gasteiger partial charge >= 0.3 is 0 Å². The zero-order chi connectivity index (χ0) is 12.0. The summed E-state index contributed by atoms with van der Waals surface area (Å²) in [6, 6.07) is 5.04. The number of hydrogen-bond donors (Lipinski definition) is 1. The number of nitrogens with one attached hydrogen (secondary N) is 1. The molecular formula is C10H4ClN5O. The molecule has 7 heteroatoms. The molecule has 6 nitrogen and oxygen atoms in total. The van der Waals surface area contributed by atoms with E-state index in [1.54, 1.807) is 6.07 Å². The Bertz CT molecular complexity index is 841. The highest BCUT2D eigenvalue weighted by Gasteiger charge is 2.11. The van der Waals surface area contributed by atoms with Gasteiger partial charge in [0.15, 0.2) is 11.3 Å². The fraction of sp³-hybridized carbons (Fsp3) is 0. The van der Waals surface area contributed by atoms with Gasteiger partial charge in [-0.3, -0.25) is 4.79 Å². The molecule has 0 saturated carbocycles. The molecule has 17 heavy (non-hydrogen) atoms. The number of fused-ring (bicyclic) bond motifs is 3. The van der Waals surface area contributed by atoms with Crippen LogP contribution < -0.4 is 5.56 Å². The standard InChI is InChI=1S/C10H4ClN5O/c11-7-2-1-6-9(14-7)16-8(15-10(6)17)5(3-12)4-13-16/h1-2,4H,(H,15,17). The molecule has 0 fully saturated rings. The van der Waals surface area contributed by atoms with Crippen LogP contribution in [0.5, 0.6) is 0 Å². The predicted octanol–water partition coefficient (Wildman–Crippen LogP) is 1.10. The van der Waals surface area contributed by atoms with Crippen molar-refractivity contribution < 1.29 is 0 Å². The van der Waals surface area contributed by atoms with E-state index in [1.807, 2.05) is 6.07 Å². The van der Waals surface area contributed by atoms with Crippen molar-refractivity contribution >= 4 is 28.3 Å². The third kappa shape index (κ3) is 1.30. The molecule has 82 valence electrons. The molecule has 0 spiro atoms. The summed E-state index contributed by atoms with van der Waals surface area (Å²) in [6.07, 6.45) is 1.37. The van der Waals surface area contributed by atoms with E-state index in [4.69, 9.17) is 16.9 Å². The first-order chi connectivity index (χ1) is 8.20. The van der Waals surface area contributed by atoms with Gasteiger partial charge in [0.05, 0.1) is 11.6 Å². The van der Waals surface area contributed by atoms with Crippen LogP contribution in [-0.2, 0) is 0 Å². The van der Waals surface area contributed by atoms with Crippen molar-refractivity contribution in [3.05, 3.63) is 39.4 Å². The molecular weight excluding hydrogens is 242 g/mol. The van der Waals surface area contributed by atoms with Gasteiger partial charge in [-0.05, 0) is 12.1 Å². The molecule has 1 N–H and O–H groups in total. The lowest BCUT2D eigenvalue weighted by atomic mass is 10.3. The second-order valence-corrected chi connectivity index (χ2v) is 3.78. The van der Waals surface area contributed by atoms with E-state index < -0.39 is 0 Å². The van der Waals surface area contributed by atoms with Gasteiger partial charge in [-0.25, -0.2) is 4.98 Å². The lowest BCUT2D eigenvalue weighted by Gasteiger charge is -2.00. The summed E-state index contributed by atoms with van der Waals surface area (Å²) < 4.78 is 1.39. The number of pyridine rings is 1. The lowest BCUT2D eigenvalue weighted by molar-refractivity contribution is 0.957. The van der Waals surface area contributed by atoms with Gasteiger partial charge in [-0.15, -0.1) is 0 Å². The lowest BCUT2D eigenvalue weighted by Crippen LogP contribution is -2.11. The molecule has 3 aromatic rings. The van der Waals surface area contributed by atoms with Crippen molar-refractivity contribution in [2.24, 2.45) is 0 Å². The fourth-order valence-corrected chi connectivity index (χ4v) is 1.79. The first-order valence-corrected chi connectivity index (χ1v) is 5.05. The first-order valence-electron chi connectivity index (χ1n) is 4.67. The fourth-order valence-electron chi connectivity index (χ4n) is 1.65. The van der Waals surface area contributed by atoms with E-state index in [-0.39, 0.29) is 16.3 Å². The highest BCUT2D eigenvalue weighted by Crippen LogP contribution is 2.14. The molecule has 0 aliphatic heterocycles. The quantitative estimate of drug-likeness (QED) is 0.601. The number of H-pyrrole nitrogens is 1. The molecule has 0 amide bonds. The van der Waals surface area contributed by atoms with Gasteiger partial charge in [0.2, 0.25) is 0 Å². The molecule has 3 aromatic heterocycles. The molecule has 0 unspecified atom stereocenters. The number of aromatic amines is 1. The smallest absolute Gasteiger partial charge is 0.260 e. The summed E-state index contributed by atoms with van der Waals surface area (Å²) in [6.45, 7) is 0. The van der Waals surface area contributed by atoms with E-state index in [1.165, 1.54) is 16.8 Å². The topological polar surface area (TPSA) is 86.8 Å². The maximum atomic E-state index is 11.8. The Labute approximate surface area is 99.1 Å². The number of halogens is 1. The minimum absolute atomic E-state index is 0.262. The van der Waals surface area contributed by atoms with E-state index >= 15 is 0 Å². The minimum atomic E-state index is -0.325. The maximum absolute atomic E-state index is 11.8. The summed E-state index contributed by atoms with van der Waals surface area (Å²) in [5, 5.41) is 13.5. The van der Waals surface area contributed by atoms with Crippen molar-refractivity contribution in [2.75, 3.05) is 0 Å². The normalized spacial score (nSPS) is 10.8. The average molecular weight is 246 g/mol. The van der Waals surface area contributed by atoms with E-state index in [0.29, 0.717) is 16.7 Å². The highest BCUT2D eigenvalue weighted by molar-refractivity contribution is 6.29. The summed E-state index contributed by atoms with van der Waals surface area (Å²) >= 11 is 5.78. The van der Waals surface area contributed by atoms with Crippen molar-refractivity contribution in [3.63, 3.8) is 0 Å².